The molecule has 0 radical (unpaired) electrons. The number of carbonyl (C=O) groups is 6. The number of aromatic hydroxyl groups is 1. The van der Waals surface area contributed by atoms with Crippen LogP contribution >= 0.6 is 11.8 Å². The Morgan fingerprint density at radius 2 is 1.71 bits per heavy atom. The number of phenolic OH excluding ortho intramolecular Hbond substituents is 1. The number of nitrogens with one attached hydrogen (secondary N) is 1. The first-order valence-corrected chi connectivity index (χ1v) is 15.9. The van der Waals surface area contributed by atoms with E-state index in [9.17, 15) is 39.1 Å². The molecule has 0 spiro atoms. The third kappa shape index (κ3) is 4.76. The second kappa shape index (κ2) is 11.7. The number of fused-ring (bicyclic) bond motifs is 3. The van der Waals surface area contributed by atoms with E-state index in [1.807, 2.05) is 6.26 Å². The summed E-state index contributed by atoms with van der Waals surface area (Å²) in [6.07, 6.45) is 0.0915. The number of phenols is 1. The second-order valence-electron chi connectivity index (χ2n) is 12.8. The summed E-state index contributed by atoms with van der Waals surface area (Å²) < 4.78 is 5.34. The van der Waals surface area contributed by atoms with E-state index in [1.165, 1.54) is 36.8 Å². The van der Waals surface area contributed by atoms with Crippen molar-refractivity contribution >= 4 is 58.3 Å². The first-order chi connectivity index (χ1) is 22.4. The lowest BCUT2D eigenvalue weighted by Gasteiger charge is -2.60. The van der Waals surface area contributed by atoms with Gasteiger partial charge in [0.15, 0.2) is 34.5 Å². The molecule has 0 bridgehead atoms. The van der Waals surface area contributed by atoms with Gasteiger partial charge in [0.2, 0.25) is 5.91 Å². The molecule has 8 N–H and O–H groups in total. The van der Waals surface area contributed by atoms with Crippen molar-refractivity contribution in [2.75, 3.05) is 44.7 Å². The minimum atomic E-state index is -2.87. The Hall–Kier alpha value is -4.82. The number of nitrogens with two attached hydrogens (primary N) is 3. The van der Waals surface area contributed by atoms with Crippen LogP contribution in [0.15, 0.2) is 35.2 Å². The Morgan fingerprint density at radius 3 is 2.23 bits per heavy atom. The van der Waals surface area contributed by atoms with Gasteiger partial charge in [-0.05, 0) is 69.1 Å². The molecule has 6 atom stereocenters. The zero-order chi connectivity index (χ0) is 35.7. The number of thioether (sulfide) groups is 1. The molecule has 2 amide bonds. The van der Waals surface area contributed by atoms with E-state index in [4.69, 9.17) is 21.9 Å². The Balaban J connectivity index is 1.64. The van der Waals surface area contributed by atoms with Crippen LogP contribution in [0.25, 0.3) is 0 Å². The van der Waals surface area contributed by atoms with Crippen LogP contribution in [-0.4, -0.2) is 96.7 Å². The van der Waals surface area contributed by atoms with Crippen LogP contribution in [0.1, 0.15) is 22.3 Å². The number of amides is 2. The number of Topliss-reactive ketones (excluding diaryl/α,β-unsaturated/α-hetero) is 4. The highest BCUT2D eigenvalue weighted by atomic mass is 32.2. The minimum Gasteiger partial charge on any atom is -0.505 e. The van der Waals surface area contributed by atoms with Crippen LogP contribution in [0.2, 0.25) is 0 Å². The number of ketones is 4. The van der Waals surface area contributed by atoms with Crippen molar-refractivity contribution in [3.8, 4) is 17.6 Å². The molecule has 2 fully saturated rings. The summed E-state index contributed by atoms with van der Waals surface area (Å²) in [6.45, 7) is 0. The minimum absolute atomic E-state index is 0.207. The summed E-state index contributed by atoms with van der Waals surface area (Å²) in [5.41, 5.74) is 12.1. The molecule has 15 nitrogen and oxygen atoms in total. The lowest BCUT2D eigenvalue weighted by molar-refractivity contribution is -0.166. The highest BCUT2D eigenvalue weighted by Gasteiger charge is 2.78. The van der Waals surface area contributed by atoms with Crippen LogP contribution in [0.3, 0.4) is 0 Å². The van der Waals surface area contributed by atoms with Gasteiger partial charge in [0.1, 0.15) is 17.4 Å². The number of nitriles is 1. The molecule has 5 rings (SSSR count). The molecule has 0 saturated heterocycles. The zero-order valence-corrected chi connectivity index (χ0v) is 27.6. The number of ether oxygens (including phenoxy) is 1. The predicted octanol–water partition coefficient (Wildman–Crippen LogP) is 0.207. The number of likely N-dealkylation sites (N-methyl/N-ethyl adjacent to an activating group) is 1. The molecule has 0 heterocycles. The number of benzene rings is 2. The first-order valence-electron chi connectivity index (χ1n) is 14.7. The third-order valence-electron chi connectivity index (χ3n) is 9.56. The quantitative estimate of drug-likeness (QED) is 0.156. The molecule has 3 aliphatic rings. The van der Waals surface area contributed by atoms with E-state index in [1.54, 1.807) is 49.3 Å². The van der Waals surface area contributed by atoms with Crippen LogP contribution in [0.5, 0.6) is 11.5 Å². The fourth-order valence-corrected chi connectivity index (χ4v) is 8.04. The van der Waals surface area contributed by atoms with Gasteiger partial charge in [-0.1, -0.05) is 0 Å². The number of nitrogens with zero attached hydrogens (tertiary/aromatic N) is 3. The Bertz CT molecular complexity index is 1840. The second-order valence-corrected chi connectivity index (χ2v) is 13.7. The summed E-state index contributed by atoms with van der Waals surface area (Å²) in [5, 5.41) is 24.4. The summed E-state index contributed by atoms with van der Waals surface area (Å²) >= 11 is 1.50. The number of rotatable bonds is 6. The molecule has 0 aliphatic heterocycles. The summed E-state index contributed by atoms with van der Waals surface area (Å²) in [6, 6.07) is 8.21. The maximum absolute atomic E-state index is 14.6. The van der Waals surface area contributed by atoms with Gasteiger partial charge >= 0.3 is 6.09 Å². The lowest BCUT2D eigenvalue weighted by Crippen LogP contribution is -2.85. The molecule has 3 aliphatic carbocycles. The van der Waals surface area contributed by atoms with Crippen molar-refractivity contribution in [2.45, 2.75) is 34.9 Å². The molecule has 2 aromatic carbocycles. The van der Waals surface area contributed by atoms with Crippen molar-refractivity contribution in [2.24, 2.45) is 34.5 Å². The van der Waals surface area contributed by atoms with Crippen molar-refractivity contribution in [1.29, 1.82) is 5.26 Å². The number of carbonyl (C=O) groups excluding carboxylic acids is 6. The van der Waals surface area contributed by atoms with Crippen LogP contribution in [0, 0.1) is 28.6 Å². The topological polar surface area (TPSA) is 252 Å². The molecule has 48 heavy (non-hydrogen) atoms. The van der Waals surface area contributed by atoms with E-state index in [0.717, 1.165) is 4.90 Å². The molecular weight excluding hydrogens is 642 g/mol. The molecule has 2 aromatic rings. The first kappa shape index (κ1) is 34.5. The van der Waals surface area contributed by atoms with Crippen molar-refractivity contribution in [3.63, 3.8) is 0 Å². The van der Waals surface area contributed by atoms with E-state index in [-0.39, 0.29) is 29.0 Å². The molecular formula is C32H35N7O8S. The van der Waals surface area contributed by atoms with Crippen LogP contribution in [0.4, 0.5) is 16.2 Å². The number of hydrogen-bond acceptors (Lipinski definition) is 14. The fourth-order valence-electron chi connectivity index (χ4n) is 7.64. The zero-order valence-electron chi connectivity index (χ0n) is 26.8. The van der Waals surface area contributed by atoms with Crippen molar-refractivity contribution in [3.05, 3.63) is 41.5 Å². The maximum Gasteiger partial charge on any atom is 0.417 e. The van der Waals surface area contributed by atoms with Gasteiger partial charge in [-0.25, -0.2) is 4.79 Å². The monoisotopic (exact) mass is 677 g/mol. The van der Waals surface area contributed by atoms with E-state index in [2.05, 4.69) is 5.32 Å². The Labute approximate surface area is 279 Å². The van der Waals surface area contributed by atoms with Gasteiger partial charge in [-0.3, -0.25) is 34.2 Å². The van der Waals surface area contributed by atoms with Crippen LogP contribution < -0.4 is 32.2 Å². The maximum atomic E-state index is 14.6. The van der Waals surface area contributed by atoms with Gasteiger partial charge in [-0.15, -0.1) is 11.8 Å². The van der Waals surface area contributed by atoms with Gasteiger partial charge in [-0.2, -0.15) is 5.26 Å². The Morgan fingerprint density at radius 1 is 1.08 bits per heavy atom. The van der Waals surface area contributed by atoms with Crippen LogP contribution in [-0.2, 0) is 25.6 Å². The third-order valence-corrected chi connectivity index (χ3v) is 10.3. The largest absolute Gasteiger partial charge is 0.505 e. The standard InChI is InChI=1S/C32H35N7O8S/c1-38(2)18-10-17(37-29(46)47-14-6-8-15(48-5)9-7-14)22(40)19-16(18)11-30(35)12-32(36)25(39(3)4)24(42)20(28(34)45)26(43)31(32,13-33)27(44)21(30)23(19)41/h6-10,20-21,25,40H,11-12,35-36H2,1-5H3,(H2,34,45)(H,37,46)/t20?,21?,25-,30-,31+,32-/m1/s1. The molecule has 2 saturated carbocycles. The molecule has 0 aromatic heterocycles. The van der Waals surface area contributed by atoms with Crippen molar-refractivity contribution in [1.82, 2.24) is 4.90 Å². The Kier molecular flexibility index (Phi) is 8.41. The number of primary amides is 1. The van der Waals surface area contributed by atoms with Gasteiger partial charge in [0.05, 0.1) is 28.9 Å². The van der Waals surface area contributed by atoms with E-state index < -0.39 is 81.7 Å². The summed E-state index contributed by atoms with van der Waals surface area (Å²) in [5.74, 6) is -10.7. The summed E-state index contributed by atoms with van der Waals surface area (Å²) in [4.78, 5) is 85.6. The normalized spacial score (nSPS) is 29.4. The molecule has 2 unspecified atom stereocenters. The average Bonchev–Trinajstić information content (AvgIpc) is 2.97. The van der Waals surface area contributed by atoms with Gasteiger partial charge in [0.25, 0.3) is 0 Å². The summed E-state index contributed by atoms with van der Waals surface area (Å²) in [7, 11) is 6.14. The lowest BCUT2D eigenvalue weighted by atomic mass is 9.42. The van der Waals surface area contributed by atoms with E-state index >= 15 is 0 Å². The SMILES string of the molecule is CSc1ccc(OC(=O)Nc2cc(N(C)C)c3c(c2O)C(=O)C2C(=O)[C@]4(C#N)C(=O)C(C(N)=O)C(=O)[C@@H](N(C)C)[C@]4(N)C[C@]2(N)C3)cc1. The highest BCUT2D eigenvalue weighted by molar-refractivity contribution is 7.98. The molecule has 252 valence electrons. The van der Waals surface area contributed by atoms with E-state index in [0.29, 0.717) is 5.69 Å². The number of anilines is 2. The number of hydrogen-bond donors (Lipinski definition) is 5. The molecule has 16 heteroatoms. The van der Waals surface area contributed by atoms with Gasteiger partial charge in [0, 0.05) is 30.2 Å². The smallest absolute Gasteiger partial charge is 0.417 e. The fraction of sp³-hybridized carbons (Fsp3) is 0.406. The van der Waals surface area contributed by atoms with Crippen molar-refractivity contribution < 1.29 is 38.6 Å². The predicted molar refractivity (Wildman–Crippen MR) is 174 cm³/mol. The average molecular weight is 678 g/mol. The highest BCUT2D eigenvalue weighted by Crippen LogP contribution is 2.57. The van der Waals surface area contributed by atoms with Gasteiger partial charge < -0.3 is 31.9 Å².